The van der Waals surface area contributed by atoms with Crippen LogP contribution in [-0.4, -0.2) is 21.4 Å². The van der Waals surface area contributed by atoms with Crippen molar-refractivity contribution in [2.75, 3.05) is 5.43 Å². The molecule has 0 saturated heterocycles. The molecule has 2 unspecified atom stereocenters. The maximum atomic E-state index is 12.4. The zero-order valence-electron chi connectivity index (χ0n) is 15.6. The molecule has 0 amide bonds. The number of anilines is 1. The third-order valence-electron chi connectivity index (χ3n) is 4.53. The van der Waals surface area contributed by atoms with Gasteiger partial charge in [-0.1, -0.05) is 37.6 Å². The first-order valence-corrected chi connectivity index (χ1v) is 8.79. The van der Waals surface area contributed by atoms with Crippen LogP contribution in [0.2, 0.25) is 0 Å². The van der Waals surface area contributed by atoms with Gasteiger partial charge in [0.05, 0.1) is 6.04 Å². The van der Waals surface area contributed by atoms with Gasteiger partial charge in [0.15, 0.2) is 0 Å². The van der Waals surface area contributed by atoms with Crippen molar-refractivity contribution in [3.8, 4) is 0 Å². The molecule has 2 heterocycles. The normalized spacial score (nSPS) is 22.7. The minimum atomic E-state index is -0.342. The fraction of sp³-hybridized carbons (Fsp3) is 0.421. The number of rotatable bonds is 5. The molecule has 0 aromatic carbocycles. The standard InChI is InChI=1S/C19H25N5O2/c1-12(2)11-24-17(8-18(25)23(4)19(24)26)22-21-10-14-9-20-16-6-5-13(3)7-15(14)16/h5-10,12,15-16,21-22H,11H2,1-4H3/b14-10+. The molecule has 1 aromatic heterocycles. The average molecular weight is 355 g/mol. The third kappa shape index (κ3) is 3.56. The van der Waals surface area contributed by atoms with Crippen LogP contribution in [0, 0.1) is 11.8 Å². The number of nitrogens with one attached hydrogen (secondary N) is 2. The van der Waals surface area contributed by atoms with Crippen LogP contribution >= 0.6 is 0 Å². The van der Waals surface area contributed by atoms with Gasteiger partial charge in [-0.05, 0) is 18.4 Å². The van der Waals surface area contributed by atoms with Gasteiger partial charge < -0.3 is 5.43 Å². The van der Waals surface area contributed by atoms with Crippen LogP contribution in [0.15, 0.2) is 56.2 Å². The largest absolute Gasteiger partial charge is 0.332 e. The Balaban J connectivity index is 1.80. The SMILES string of the molecule is CC1=CC2/C(=C/NNc3cc(=O)n(C)c(=O)n3CC(C)C)C=NC2C=C1. The maximum Gasteiger partial charge on any atom is 0.332 e. The van der Waals surface area contributed by atoms with E-state index in [1.165, 1.54) is 18.7 Å². The molecule has 0 bridgehead atoms. The molecule has 1 aliphatic heterocycles. The first-order chi connectivity index (χ1) is 12.4. The van der Waals surface area contributed by atoms with Crippen molar-refractivity contribution in [3.63, 3.8) is 0 Å². The summed E-state index contributed by atoms with van der Waals surface area (Å²) < 4.78 is 2.68. The predicted molar refractivity (Wildman–Crippen MR) is 104 cm³/mol. The van der Waals surface area contributed by atoms with Gasteiger partial charge in [-0.2, -0.15) is 0 Å². The van der Waals surface area contributed by atoms with E-state index in [1.807, 2.05) is 26.3 Å². The van der Waals surface area contributed by atoms with Gasteiger partial charge in [0.25, 0.3) is 5.56 Å². The van der Waals surface area contributed by atoms with E-state index in [0.717, 1.165) is 10.1 Å². The van der Waals surface area contributed by atoms with Gasteiger partial charge in [-0.15, -0.1) is 0 Å². The minimum absolute atomic E-state index is 0.148. The lowest BCUT2D eigenvalue weighted by Gasteiger charge is -2.19. The Labute approximate surface area is 152 Å². The molecule has 2 atom stereocenters. The second kappa shape index (κ2) is 7.19. The minimum Gasteiger partial charge on any atom is -0.307 e. The highest BCUT2D eigenvalue weighted by molar-refractivity contribution is 5.83. The van der Waals surface area contributed by atoms with Crippen molar-refractivity contribution in [2.45, 2.75) is 33.4 Å². The number of aliphatic imine (C=N–C) groups is 1. The second-order valence-corrected chi connectivity index (χ2v) is 7.19. The molecule has 1 aliphatic carbocycles. The topological polar surface area (TPSA) is 80.4 Å². The van der Waals surface area contributed by atoms with Crippen molar-refractivity contribution >= 4 is 12.0 Å². The van der Waals surface area contributed by atoms with Crippen LogP contribution in [0.5, 0.6) is 0 Å². The molecule has 2 aliphatic rings. The fourth-order valence-electron chi connectivity index (χ4n) is 3.14. The highest BCUT2D eigenvalue weighted by Gasteiger charge is 2.26. The quantitative estimate of drug-likeness (QED) is 0.786. The highest BCUT2D eigenvalue weighted by atomic mass is 16.2. The molecular weight excluding hydrogens is 330 g/mol. The summed E-state index contributed by atoms with van der Waals surface area (Å²) in [7, 11) is 1.49. The van der Waals surface area contributed by atoms with Gasteiger partial charge in [-0.25, -0.2) is 4.79 Å². The number of aromatic nitrogens is 2. The lowest BCUT2D eigenvalue weighted by Crippen LogP contribution is -2.40. The molecule has 7 nitrogen and oxygen atoms in total. The summed E-state index contributed by atoms with van der Waals surface area (Å²) in [6.45, 7) is 6.64. The van der Waals surface area contributed by atoms with E-state index in [2.05, 4.69) is 41.0 Å². The van der Waals surface area contributed by atoms with E-state index in [1.54, 1.807) is 4.57 Å². The summed E-state index contributed by atoms with van der Waals surface area (Å²) in [4.78, 5) is 28.9. The first kappa shape index (κ1) is 18.0. The van der Waals surface area contributed by atoms with Gasteiger partial charge >= 0.3 is 5.69 Å². The van der Waals surface area contributed by atoms with Crippen molar-refractivity contribution in [3.05, 3.63) is 62.5 Å². The van der Waals surface area contributed by atoms with E-state index in [9.17, 15) is 9.59 Å². The summed E-state index contributed by atoms with van der Waals surface area (Å²) in [5.41, 5.74) is 7.59. The molecule has 7 heteroatoms. The number of allylic oxidation sites excluding steroid dienone is 2. The van der Waals surface area contributed by atoms with Crippen molar-refractivity contribution in [2.24, 2.45) is 23.9 Å². The highest BCUT2D eigenvalue weighted by Crippen LogP contribution is 2.29. The van der Waals surface area contributed by atoms with Gasteiger partial charge in [0.1, 0.15) is 5.82 Å². The molecular formula is C19H25N5O2. The lowest BCUT2D eigenvalue weighted by molar-refractivity contribution is 0.490. The Morgan fingerprint density at radius 2 is 2.12 bits per heavy atom. The van der Waals surface area contributed by atoms with E-state index in [-0.39, 0.29) is 29.1 Å². The number of nitrogens with zero attached hydrogens (tertiary/aromatic N) is 3. The number of hydrazine groups is 1. The monoisotopic (exact) mass is 355 g/mol. The van der Waals surface area contributed by atoms with Crippen molar-refractivity contribution < 1.29 is 0 Å². The Morgan fingerprint density at radius 1 is 1.35 bits per heavy atom. The van der Waals surface area contributed by atoms with Crippen molar-refractivity contribution in [1.29, 1.82) is 0 Å². The number of hydrogen-bond donors (Lipinski definition) is 2. The van der Waals surface area contributed by atoms with E-state index >= 15 is 0 Å². The van der Waals surface area contributed by atoms with E-state index < -0.39 is 0 Å². The first-order valence-electron chi connectivity index (χ1n) is 8.79. The molecule has 1 aromatic rings. The zero-order valence-corrected chi connectivity index (χ0v) is 15.6. The summed E-state index contributed by atoms with van der Waals surface area (Å²) >= 11 is 0. The molecule has 0 radical (unpaired) electrons. The molecule has 138 valence electrons. The molecule has 26 heavy (non-hydrogen) atoms. The molecule has 0 saturated carbocycles. The fourth-order valence-corrected chi connectivity index (χ4v) is 3.14. The predicted octanol–water partition coefficient (Wildman–Crippen LogP) is 1.59. The lowest BCUT2D eigenvalue weighted by atomic mass is 9.89. The van der Waals surface area contributed by atoms with Crippen LogP contribution in [0.3, 0.4) is 0 Å². The third-order valence-corrected chi connectivity index (χ3v) is 4.53. The summed E-state index contributed by atoms with van der Waals surface area (Å²) in [5, 5.41) is 0. The van der Waals surface area contributed by atoms with E-state index in [0.29, 0.717) is 12.4 Å². The summed E-state index contributed by atoms with van der Waals surface area (Å²) in [5.74, 6) is 0.940. The van der Waals surface area contributed by atoms with Crippen LogP contribution in [-0.2, 0) is 13.6 Å². The summed E-state index contributed by atoms with van der Waals surface area (Å²) in [6, 6.07) is 1.57. The molecule has 0 fully saturated rings. The molecule has 0 spiro atoms. The van der Waals surface area contributed by atoms with E-state index in [4.69, 9.17) is 0 Å². The molecule has 2 N–H and O–H groups in total. The van der Waals surface area contributed by atoms with Gasteiger partial charge in [0, 0.05) is 38.0 Å². The van der Waals surface area contributed by atoms with Crippen LogP contribution in [0.4, 0.5) is 5.82 Å². The van der Waals surface area contributed by atoms with Gasteiger partial charge in [-0.3, -0.25) is 24.3 Å². The Bertz CT molecular complexity index is 930. The Hall–Kier alpha value is -2.83. The smallest absolute Gasteiger partial charge is 0.307 e. The second-order valence-electron chi connectivity index (χ2n) is 7.19. The van der Waals surface area contributed by atoms with Crippen LogP contribution < -0.4 is 22.1 Å². The van der Waals surface area contributed by atoms with Gasteiger partial charge in [0.2, 0.25) is 0 Å². The average Bonchev–Trinajstić information content (AvgIpc) is 2.98. The maximum absolute atomic E-state index is 12.4. The summed E-state index contributed by atoms with van der Waals surface area (Å²) in [6.07, 6.45) is 10.1. The number of hydrogen-bond acceptors (Lipinski definition) is 5. The number of fused-ring (bicyclic) bond motifs is 1. The Morgan fingerprint density at radius 3 is 2.85 bits per heavy atom. The van der Waals surface area contributed by atoms with Crippen LogP contribution in [0.1, 0.15) is 20.8 Å². The molecule has 3 rings (SSSR count). The van der Waals surface area contributed by atoms with Crippen LogP contribution in [0.25, 0.3) is 0 Å². The zero-order chi connectivity index (χ0) is 18.8. The Kier molecular flexibility index (Phi) is 4.97. The van der Waals surface area contributed by atoms with Crippen molar-refractivity contribution in [1.82, 2.24) is 14.6 Å².